The number of hydrogen-bond donors (Lipinski definition) is 3. The van der Waals surface area contributed by atoms with Crippen molar-refractivity contribution >= 4 is 17.6 Å². The molecule has 9 nitrogen and oxygen atoms in total. The molecule has 20 heavy (non-hydrogen) atoms. The first-order chi connectivity index (χ1) is 9.40. The minimum absolute atomic E-state index is 0.0706. The largest absolute Gasteiger partial charge is 0.496 e. The number of aliphatic hydroxyl groups is 1. The average molecular weight is 284 g/mol. The van der Waals surface area contributed by atoms with Crippen LogP contribution in [0.3, 0.4) is 0 Å². The van der Waals surface area contributed by atoms with E-state index in [4.69, 9.17) is 14.9 Å². The lowest BCUT2D eigenvalue weighted by molar-refractivity contribution is -0.384. The number of rotatable bonds is 6. The molecule has 0 saturated heterocycles. The van der Waals surface area contributed by atoms with E-state index in [-0.39, 0.29) is 17.0 Å². The number of nitro benzene ring substituents is 1. The van der Waals surface area contributed by atoms with E-state index in [0.29, 0.717) is 0 Å². The normalized spacial score (nSPS) is 11.5. The highest BCUT2D eigenvalue weighted by atomic mass is 16.6. The summed E-state index contributed by atoms with van der Waals surface area (Å²) in [7, 11) is 1.22. The van der Waals surface area contributed by atoms with Crippen molar-refractivity contribution in [3.63, 3.8) is 0 Å². The number of non-ortho nitro benzene ring substituents is 1. The van der Waals surface area contributed by atoms with Gasteiger partial charge in [-0.05, 0) is 6.07 Å². The molecule has 0 aliphatic heterocycles. The summed E-state index contributed by atoms with van der Waals surface area (Å²) in [6.07, 6.45) is 0. The fraction of sp³-hybridized carbons (Fsp3) is 0.273. The molecule has 0 aliphatic carbocycles. The molecule has 1 aromatic carbocycles. The minimum Gasteiger partial charge on any atom is -0.496 e. The van der Waals surface area contributed by atoms with E-state index in [2.05, 4.69) is 5.32 Å². The van der Waals surface area contributed by atoms with Gasteiger partial charge in [-0.3, -0.25) is 14.9 Å². The first-order valence-corrected chi connectivity index (χ1v) is 5.37. The Labute approximate surface area is 112 Å². The van der Waals surface area contributed by atoms with Crippen LogP contribution in [0.1, 0.15) is 10.4 Å². The molecule has 108 valence electrons. The lowest BCUT2D eigenvalue weighted by atomic mass is 10.1. The van der Waals surface area contributed by atoms with Crippen molar-refractivity contribution in [1.82, 2.24) is 5.32 Å². The van der Waals surface area contributed by atoms with Crippen LogP contribution in [-0.2, 0) is 4.79 Å². The zero-order valence-corrected chi connectivity index (χ0v) is 10.4. The van der Waals surface area contributed by atoms with Crippen molar-refractivity contribution in [2.75, 3.05) is 13.7 Å². The third-order valence-corrected chi connectivity index (χ3v) is 2.43. The van der Waals surface area contributed by atoms with Crippen LogP contribution in [0, 0.1) is 10.1 Å². The maximum atomic E-state index is 11.8. The lowest BCUT2D eigenvalue weighted by Gasteiger charge is -2.13. The summed E-state index contributed by atoms with van der Waals surface area (Å²) < 4.78 is 4.86. The number of nitrogens with zero attached hydrogens (tertiary/aromatic N) is 1. The Morgan fingerprint density at radius 3 is 2.60 bits per heavy atom. The van der Waals surface area contributed by atoms with E-state index in [1.54, 1.807) is 0 Å². The van der Waals surface area contributed by atoms with E-state index in [0.717, 1.165) is 18.2 Å². The molecule has 0 radical (unpaired) electrons. The topological polar surface area (TPSA) is 139 Å². The molecule has 0 aromatic heterocycles. The number of carboxylic acids is 1. The number of nitrogens with one attached hydrogen (secondary N) is 1. The molecule has 0 unspecified atom stereocenters. The lowest BCUT2D eigenvalue weighted by Crippen LogP contribution is -2.43. The van der Waals surface area contributed by atoms with Crippen LogP contribution in [0.4, 0.5) is 5.69 Å². The molecule has 1 rings (SSSR count). The van der Waals surface area contributed by atoms with Gasteiger partial charge in [0.2, 0.25) is 0 Å². The Bertz CT molecular complexity index is 544. The molecule has 1 amide bonds. The summed E-state index contributed by atoms with van der Waals surface area (Å²) in [5.74, 6) is -2.29. The Hall–Kier alpha value is -2.68. The number of carboxylic acid groups (broad SMARTS) is 1. The van der Waals surface area contributed by atoms with Crippen LogP contribution in [0.5, 0.6) is 5.75 Å². The quantitative estimate of drug-likeness (QED) is 0.484. The van der Waals surface area contributed by atoms with Crippen molar-refractivity contribution in [2.45, 2.75) is 6.04 Å². The van der Waals surface area contributed by atoms with E-state index in [1.165, 1.54) is 7.11 Å². The first kappa shape index (κ1) is 15.4. The number of methoxy groups -OCH3 is 1. The summed E-state index contributed by atoms with van der Waals surface area (Å²) in [6.45, 7) is -0.781. The summed E-state index contributed by atoms with van der Waals surface area (Å²) in [5.41, 5.74) is -0.340. The Morgan fingerprint density at radius 1 is 1.50 bits per heavy atom. The van der Waals surface area contributed by atoms with Gasteiger partial charge in [-0.15, -0.1) is 0 Å². The van der Waals surface area contributed by atoms with Crippen molar-refractivity contribution in [3.05, 3.63) is 33.9 Å². The van der Waals surface area contributed by atoms with Gasteiger partial charge in [0.25, 0.3) is 11.6 Å². The maximum absolute atomic E-state index is 11.8. The van der Waals surface area contributed by atoms with E-state index in [9.17, 15) is 19.7 Å². The zero-order chi connectivity index (χ0) is 15.3. The van der Waals surface area contributed by atoms with Crippen LogP contribution in [0.25, 0.3) is 0 Å². The first-order valence-electron chi connectivity index (χ1n) is 5.37. The molecule has 0 heterocycles. The van der Waals surface area contributed by atoms with Gasteiger partial charge in [0.05, 0.1) is 30.3 Å². The number of hydrogen-bond acceptors (Lipinski definition) is 6. The van der Waals surface area contributed by atoms with Crippen molar-refractivity contribution in [3.8, 4) is 5.75 Å². The second-order valence-corrected chi connectivity index (χ2v) is 3.69. The number of benzene rings is 1. The molecule has 0 fully saturated rings. The van der Waals surface area contributed by atoms with E-state index >= 15 is 0 Å². The number of aliphatic carboxylic acids is 1. The monoisotopic (exact) mass is 284 g/mol. The highest BCUT2D eigenvalue weighted by Gasteiger charge is 2.22. The standard InChI is InChI=1S/C11H12N2O7/c1-20-9-4-6(13(18)19)2-3-7(9)10(15)12-8(5-14)11(16)17/h2-4,8,14H,5H2,1H3,(H,12,15)(H,16,17)/t8-/m1/s1. The molecule has 0 spiro atoms. The van der Waals surface area contributed by atoms with Gasteiger partial charge < -0.3 is 20.3 Å². The summed E-state index contributed by atoms with van der Waals surface area (Å²) in [5, 5.41) is 30.2. The van der Waals surface area contributed by atoms with Crippen molar-refractivity contribution in [1.29, 1.82) is 0 Å². The Kier molecular flexibility index (Phi) is 4.98. The van der Waals surface area contributed by atoms with Gasteiger partial charge in [0.15, 0.2) is 6.04 Å². The number of carbonyl (C=O) groups excluding carboxylic acids is 1. The summed E-state index contributed by atoms with van der Waals surface area (Å²) in [6, 6.07) is 1.81. The number of amides is 1. The fourth-order valence-electron chi connectivity index (χ4n) is 1.40. The van der Waals surface area contributed by atoms with Crippen molar-refractivity contribution in [2.24, 2.45) is 0 Å². The zero-order valence-electron chi connectivity index (χ0n) is 10.4. The molecular formula is C11H12N2O7. The van der Waals surface area contributed by atoms with Gasteiger partial charge in [-0.25, -0.2) is 4.79 Å². The van der Waals surface area contributed by atoms with Crippen LogP contribution in [0.2, 0.25) is 0 Å². The number of ether oxygens (including phenoxy) is 1. The third kappa shape index (κ3) is 3.42. The van der Waals surface area contributed by atoms with Crippen LogP contribution in [-0.4, -0.2) is 46.8 Å². The molecule has 1 aromatic rings. The SMILES string of the molecule is COc1cc([N+](=O)[O-])ccc1C(=O)N[C@H](CO)C(=O)O. The molecular weight excluding hydrogens is 272 g/mol. The van der Waals surface area contributed by atoms with Gasteiger partial charge in [-0.2, -0.15) is 0 Å². The molecule has 9 heteroatoms. The van der Waals surface area contributed by atoms with Gasteiger partial charge in [0, 0.05) is 6.07 Å². The Balaban J connectivity index is 3.04. The van der Waals surface area contributed by atoms with Gasteiger partial charge in [-0.1, -0.05) is 0 Å². The van der Waals surface area contributed by atoms with Crippen molar-refractivity contribution < 1.29 is 29.5 Å². The van der Waals surface area contributed by atoms with Crippen LogP contribution < -0.4 is 10.1 Å². The summed E-state index contributed by atoms with van der Waals surface area (Å²) >= 11 is 0. The molecule has 0 aliphatic rings. The second kappa shape index (κ2) is 6.48. The number of nitro groups is 1. The fourth-order valence-corrected chi connectivity index (χ4v) is 1.40. The average Bonchev–Trinajstić information content (AvgIpc) is 2.43. The summed E-state index contributed by atoms with van der Waals surface area (Å²) in [4.78, 5) is 32.5. The van der Waals surface area contributed by atoms with Crippen LogP contribution >= 0.6 is 0 Å². The maximum Gasteiger partial charge on any atom is 0.328 e. The molecule has 3 N–H and O–H groups in total. The van der Waals surface area contributed by atoms with Crippen LogP contribution in [0.15, 0.2) is 18.2 Å². The van der Waals surface area contributed by atoms with E-state index in [1.807, 2.05) is 0 Å². The molecule has 0 saturated carbocycles. The number of carbonyl (C=O) groups is 2. The van der Waals surface area contributed by atoms with Gasteiger partial charge in [0.1, 0.15) is 5.75 Å². The highest BCUT2D eigenvalue weighted by molar-refractivity contribution is 5.99. The minimum atomic E-state index is -1.47. The molecule has 0 bridgehead atoms. The Morgan fingerprint density at radius 2 is 2.15 bits per heavy atom. The third-order valence-electron chi connectivity index (χ3n) is 2.43. The molecule has 1 atom stereocenters. The van der Waals surface area contributed by atoms with Gasteiger partial charge >= 0.3 is 5.97 Å². The predicted octanol–water partition coefficient (Wildman–Crippen LogP) is -0.221. The number of aliphatic hydroxyl groups excluding tert-OH is 1. The van der Waals surface area contributed by atoms with E-state index < -0.39 is 29.4 Å². The smallest absolute Gasteiger partial charge is 0.328 e. The predicted molar refractivity (Wildman–Crippen MR) is 65.6 cm³/mol. The highest BCUT2D eigenvalue weighted by Crippen LogP contribution is 2.24. The second-order valence-electron chi connectivity index (χ2n) is 3.69.